The van der Waals surface area contributed by atoms with Crippen molar-refractivity contribution in [2.24, 2.45) is 5.41 Å². The van der Waals surface area contributed by atoms with Gasteiger partial charge in [0.25, 0.3) is 0 Å². The predicted molar refractivity (Wildman–Crippen MR) is 72.3 cm³/mol. The van der Waals surface area contributed by atoms with Crippen LogP contribution in [-0.4, -0.2) is 26.9 Å². The van der Waals surface area contributed by atoms with Crippen LogP contribution in [0.25, 0.3) is 0 Å². The third-order valence-corrected chi connectivity index (χ3v) is 3.76. The van der Waals surface area contributed by atoms with Gasteiger partial charge in [0, 0.05) is 34.8 Å². The van der Waals surface area contributed by atoms with Gasteiger partial charge >= 0.3 is 0 Å². The molecule has 0 bridgehead atoms. The van der Waals surface area contributed by atoms with Gasteiger partial charge in [-0.25, -0.2) is 0 Å². The van der Waals surface area contributed by atoms with Gasteiger partial charge in [0.2, 0.25) is 0 Å². The molecule has 1 saturated heterocycles. The number of methoxy groups -OCH3 is 1. The Kier molecular flexibility index (Phi) is 4.07. The van der Waals surface area contributed by atoms with Crippen LogP contribution in [0.3, 0.4) is 0 Å². The molecule has 4 heteroatoms. The lowest BCUT2D eigenvalue weighted by molar-refractivity contribution is -0.0924. The van der Waals surface area contributed by atoms with E-state index in [0.717, 1.165) is 29.9 Å². The number of benzene rings is 1. The Labute approximate surface area is 111 Å². The van der Waals surface area contributed by atoms with Crippen molar-refractivity contribution in [1.29, 1.82) is 0 Å². The average molecular weight is 300 g/mol. The Balaban J connectivity index is 2.06. The van der Waals surface area contributed by atoms with E-state index in [0.29, 0.717) is 6.61 Å². The monoisotopic (exact) mass is 299 g/mol. The second-order valence-corrected chi connectivity index (χ2v) is 5.71. The number of ether oxygens (including phenoxy) is 2. The summed E-state index contributed by atoms with van der Waals surface area (Å²) in [5.41, 5.74) is 2.57. The van der Waals surface area contributed by atoms with Crippen molar-refractivity contribution in [3.05, 3.63) is 28.2 Å². The van der Waals surface area contributed by atoms with Gasteiger partial charge in [-0.15, -0.1) is 0 Å². The smallest absolute Gasteiger partial charge is 0.0744 e. The highest BCUT2D eigenvalue weighted by Gasteiger charge is 2.33. The number of nitrogens with one attached hydrogen (secondary N) is 1. The predicted octanol–water partition coefficient (Wildman–Crippen LogP) is 3.04. The highest BCUT2D eigenvalue weighted by molar-refractivity contribution is 9.10. The van der Waals surface area contributed by atoms with Crippen molar-refractivity contribution in [3.8, 4) is 0 Å². The maximum atomic E-state index is 5.25. The van der Waals surface area contributed by atoms with Crippen LogP contribution < -0.4 is 5.32 Å². The molecule has 1 aliphatic heterocycles. The first-order chi connectivity index (χ1) is 8.14. The van der Waals surface area contributed by atoms with Crippen LogP contribution in [0, 0.1) is 5.41 Å². The van der Waals surface area contributed by atoms with E-state index in [4.69, 9.17) is 9.47 Å². The van der Waals surface area contributed by atoms with E-state index in [1.807, 2.05) is 12.1 Å². The fourth-order valence-corrected chi connectivity index (χ4v) is 2.36. The molecule has 1 aromatic carbocycles. The third kappa shape index (κ3) is 3.00. The van der Waals surface area contributed by atoms with E-state index in [9.17, 15) is 0 Å². The minimum atomic E-state index is 0.270. The Morgan fingerprint density at radius 3 is 2.82 bits per heavy atom. The summed E-state index contributed by atoms with van der Waals surface area (Å²) < 4.78 is 11.6. The number of anilines is 1. The zero-order valence-electron chi connectivity index (χ0n) is 10.3. The van der Waals surface area contributed by atoms with Crippen molar-refractivity contribution in [2.75, 3.05) is 32.2 Å². The van der Waals surface area contributed by atoms with Gasteiger partial charge in [0.15, 0.2) is 0 Å². The van der Waals surface area contributed by atoms with E-state index < -0.39 is 0 Å². The highest BCUT2D eigenvalue weighted by Crippen LogP contribution is 2.30. The molecule has 1 N–H and O–H groups in total. The van der Waals surface area contributed by atoms with Gasteiger partial charge in [-0.2, -0.15) is 0 Å². The van der Waals surface area contributed by atoms with Gasteiger partial charge in [0.05, 0.1) is 19.8 Å². The Morgan fingerprint density at radius 1 is 1.47 bits per heavy atom. The lowest BCUT2D eigenvalue weighted by atomic mass is 9.88. The third-order valence-electron chi connectivity index (χ3n) is 3.01. The minimum absolute atomic E-state index is 0.270. The molecule has 1 aromatic rings. The topological polar surface area (TPSA) is 30.5 Å². The molecule has 94 valence electrons. The van der Waals surface area contributed by atoms with E-state index in [1.54, 1.807) is 7.11 Å². The van der Waals surface area contributed by atoms with Gasteiger partial charge < -0.3 is 14.8 Å². The summed E-state index contributed by atoms with van der Waals surface area (Å²) in [5.74, 6) is 0. The van der Waals surface area contributed by atoms with E-state index in [-0.39, 0.29) is 5.41 Å². The molecule has 0 aliphatic carbocycles. The Bertz CT molecular complexity index is 391. The second-order valence-electron chi connectivity index (χ2n) is 4.86. The SMILES string of the molecule is COCc1c(Br)cccc1NCC1(C)COC1. The van der Waals surface area contributed by atoms with Crippen LogP contribution in [0.2, 0.25) is 0 Å². The maximum absolute atomic E-state index is 5.25. The molecule has 1 heterocycles. The van der Waals surface area contributed by atoms with Gasteiger partial charge in [-0.05, 0) is 12.1 Å². The summed E-state index contributed by atoms with van der Waals surface area (Å²) in [6.45, 7) is 5.45. The summed E-state index contributed by atoms with van der Waals surface area (Å²) in [7, 11) is 1.71. The molecule has 2 rings (SSSR count). The van der Waals surface area contributed by atoms with Gasteiger partial charge in [-0.3, -0.25) is 0 Å². The average Bonchev–Trinajstić information content (AvgIpc) is 2.28. The maximum Gasteiger partial charge on any atom is 0.0744 e. The molecule has 0 saturated carbocycles. The Hall–Kier alpha value is -0.580. The van der Waals surface area contributed by atoms with Crippen molar-refractivity contribution in [1.82, 2.24) is 0 Å². The summed E-state index contributed by atoms with van der Waals surface area (Å²) >= 11 is 3.55. The van der Waals surface area contributed by atoms with Gasteiger partial charge in [0.1, 0.15) is 0 Å². The number of hydrogen-bond donors (Lipinski definition) is 1. The fourth-order valence-electron chi connectivity index (χ4n) is 1.88. The normalized spacial score (nSPS) is 17.6. The van der Waals surface area contributed by atoms with Crippen LogP contribution in [0.1, 0.15) is 12.5 Å². The minimum Gasteiger partial charge on any atom is -0.384 e. The molecule has 0 atom stereocenters. The van der Waals surface area contributed by atoms with Crippen molar-refractivity contribution < 1.29 is 9.47 Å². The zero-order valence-corrected chi connectivity index (χ0v) is 11.8. The quantitative estimate of drug-likeness (QED) is 0.906. The number of hydrogen-bond acceptors (Lipinski definition) is 3. The summed E-state index contributed by atoms with van der Waals surface area (Å²) in [6, 6.07) is 6.15. The summed E-state index contributed by atoms with van der Waals surface area (Å²) in [5, 5.41) is 3.49. The van der Waals surface area contributed by atoms with E-state index >= 15 is 0 Å². The van der Waals surface area contributed by atoms with Crippen LogP contribution in [0.15, 0.2) is 22.7 Å². The first-order valence-electron chi connectivity index (χ1n) is 5.73. The summed E-state index contributed by atoms with van der Waals surface area (Å²) in [4.78, 5) is 0. The lowest BCUT2D eigenvalue weighted by Crippen LogP contribution is -2.45. The molecular weight excluding hydrogens is 282 g/mol. The molecule has 1 aliphatic rings. The lowest BCUT2D eigenvalue weighted by Gasteiger charge is -2.38. The molecule has 3 nitrogen and oxygen atoms in total. The fraction of sp³-hybridized carbons (Fsp3) is 0.538. The van der Waals surface area contributed by atoms with Crippen molar-refractivity contribution in [3.63, 3.8) is 0 Å². The number of rotatable bonds is 5. The van der Waals surface area contributed by atoms with Crippen LogP contribution in [0.5, 0.6) is 0 Å². The largest absolute Gasteiger partial charge is 0.384 e. The molecule has 0 aromatic heterocycles. The molecule has 17 heavy (non-hydrogen) atoms. The Morgan fingerprint density at radius 2 is 2.24 bits per heavy atom. The molecule has 0 spiro atoms. The van der Waals surface area contributed by atoms with Crippen LogP contribution in [0.4, 0.5) is 5.69 Å². The van der Waals surface area contributed by atoms with E-state index in [2.05, 4.69) is 34.2 Å². The van der Waals surface area contributed by atoms with Crippen molar-refractivity contribution in [2.45, 2.75) is 13.5 Å². The van der Waals surface area contributed by atoms with Crippen molar-refractivity contribution >= 4 is 21.6 Å². The molecule has 0 unspecified atom stereocenters. The molecule has 0 radical (unpaired) electrons. The summed E-state index contributed by atoms with van der Waals surface area (Å²) in [6.07, 6.45) is 0. The van der Waals surface area contributed by atoms with Gasteiger partial charge in [-0.1, -0.05) is 28.9 Å². The van der Waals surface area contributed by atoms with Crippen LogP contribution >= 0.6 is 15.9 Å². The zero-order chi connectivity index (χ0) is 12.3. The highest BCUT2D eigenvalue weighted by atomic mass is 79.9. The second kappa shape index (κ2) is 5.38. The molecular formula is C13H18BrNO2. The molecule has 1 fully saturated rings. The van der Waals surface area contributed by atoms with E-state index in [1.165, 1.54) is 5.56 Å². The van der Waals surface area contributed by atoms with Crippen LogP contribution in [-0.2, 0) is 16.1 Å². The number of halogens is 1. The standard InChI is InChI=1S/C13H18BrNO2/c1-13(8-17-9-13)7-15-12-5-3-4-11(14)10(12)6-16-2/h3-5,15H,6-9H2,1-2H3. The molecule has 0 amide bonds. The first-order valence-corrected chi connectivity index (χ1v) is 6.52. The first kappa shape index (κ1) is 12.9.